The summed E-state index contributed by atoms with van der Waals surface area (Å²) >= 11 is 0. The topological polar surface area (TPSA) is 96.5 Å². The molecule has 0 aliphatic heterocycles. The second kappa shape index (κ2) is 10.4. The summed E-state index contributed by atoms with van der Waals surface area (Å²) in [6, 6.07) is 16.4. The van der Waals surface area contributed by atoms with Crippen LogP contribution in [0.2, 0.25) is 0 Å². The molecule has 0 aromatic heterocycles. The van der Waals surface area contributed by atoms with E-state index in [9.17, 15) is 14.4 Å². The molecule has 2 rings (SSSR count). The molecule has 0 saturated carbocycles. The summed E-state index contributed by atoms with van der Waals surface area (Å²) in [5.74, 6) is -0.638. The summed E-state index contributed by atoms with van der Waals surface area (Å²) in [6.45, 7) is 0.201. The standard InChI is InChI=1S/C20H21N3O4/c1-27-20(26)23-17-10-7-16(8-11-17)13-21-19(25)14-22-18(24)12-9-15-5-3-2-4-6-15/h2-12H,13-14H2,1H3,(H,21,25)(H,22,24)(H,23,26)/b12-9+. The van der Waals surface area contributed by atoms with Gasteiger partial charge in [0.2, 0.25) is 11.8 Å². The number of hydrogen-bond donors (Lipinski definition) is 3. The van der Waals surface area contributed by atoms with Gasteiger partial charge in [-0.15, -0.1) is 0 Å². The van der Waals surface area contributed by atoms with Crippen LogP contribution in [-0.2, 0) is 20.9 Å². The first-order valence-corrected chi connectivity index (χ1v) is 8.28. The van der Waals surface area contributed by atoms with Crippen molar-refractivity contribution in [3.63, 3.8) is 0 Å². The number of methoxy groups -OCH3 is 1. The van der Waals surface area contributed by atoms with Crippen molar-refractivity contribution in [2.24, 2.45) is 0 Å². The molecule has 0 saturated heterocycles. The zero-order chi connectivity index (χ0) is 19.5. The van der Waals surface area contributed by atoms with Crippen LogP contribution in [0.1, 0.15) is 11.1 Å². The van der Waals surface area contributed by atoms with Crippen LogP contribution in [0.3, 0.4) is 0 Å². The Balaban J connectivity index is 1.70. The molecule has 0 aliphatic rings. The Kier molecular flexibility index (Phi) is 7.59. The van der Waals surface area contributed by atoms with E-state index in [-0.39, 0.29) is 18.4 Å². The van der Waals surface area contributed by atoms with E-state index in [0.29, 0.717) is 12.2 Å². The highest BCUT2D eigenvalue weighted by Gasteiger charge is 2.04. The molecule has 27 heavy (non-hydrogen) atoms. The highest BCUT2D eigenvalue weighted by molar-refractivity contribution is 5.94. The summed E-state index contributed by atoms with van der Waals surface area (Å²) in [7, 11) is 1.29. The van der Waals surface area contributed by atoms with Gasteiger partial charge in [-0.05, 0) is 29.3 Å². The van der Waals surface area contributed by atoms with E-state index in [4.69, 9.17) is 0 Å². The van der Waals surface area contributed by atoms with Gasteiger partial charge in [0, 0.05) is 18.3 Å². The molecule has 0 spiro atoms. The number of ether oxygens (including phenoxy) is 1. The van der Waals surface area contributed by atoms with E-state index >= 15 is 0 Å². The molecule has 2 aromatic carbocycles. The first kappa shape index (κ1) is 19.7. The van der Waals surface area contributed by atoms with Crippen molar-refractivity contribution in [3.8, 4) is 0 Å². The Morgan fingerprint density at radius 1 is 0.963 bits per heavy atom. The molecule has 0 aliphatic carbocycles. The minimum Gasteiger partial charge on any atom is -0.453 e. The van der Waals surface area contributed by atoms with E-state index < -0.39 is 6.09 Å². The SMILES string of the molecule is COC(=O)Nc1ccc(CNC(=O)CNC(=O)/C=C/c2ccccc2)cc1. The maximum Gasteiger partial charge on any atom is 0.411 e. The first-order chi connectivity index (χ1) is 13.1. The minimum atomic E-state index is -0.548. The van der Waals surface area contributed by atoms with E-state index in [1.807, 2.05) is 30.3 Å². The molecule has 0 atom stereocenters. The second-order valence-electron chi connectivity index (χ2n) is 5.55. The van der Waals surface area contributed by atoms with Gasteiger partial charge in [0.05, 0.1) is 13.7 Å². The van der Waals surface area contributed by atoms with Gasteiger partial charge in [0.15, 0.2) is 0 Å². The monoisotopic (exact) mass is 367 g/mol. The number of hydrogen-bond acceptors (Lipinski definition) is 4. The van der Waals surface area contributed by atoms with Gasteiger partial charge in [0.25, 0.3) is 0 Å². The highest BCUT2D eigenvalue weighted by Crippen LogP contribution is 2.09. The summed E-state index contributed by atoms with van der Waals surface area (Å²) in [6.07, 6.45) is 2.51. The number of carbonyl (C=O) groups excluding carboxylic acids is 3. The van der Waals surface area contributed by atoms with Crippen LogP contribution in [0, 0.1) is 0 Å². The Morgan fingerprint density at radius 3 is 2.33 bits per heavy atom. The molecule has 0 unspecified atom stereocenters. The fraction of sp³-hybridized carbons (Fsp3) is 0.150. The lowest BCUT2D eigenvalue weighted by molar-refractivity contribution is -0.124. The van der Waals surface area contributed by atoms with Crippen LogP contribution in [0.5, 0.6) is 0 Å². The smallest absolute Gasteiger partial charge is 0.411 e. The quantitative estimate of drug-likeness (QED) is 0.654. The van der Waals surface area contributed by atoms with Gasteiger partial charge in [-0.25, -0.2) is 4.79 Å². The van der Waals surface area contributed by atoms with Crippen LogP contribution < -0.4 is 16.0 Å². The van der Waals surface area contributed by atoms with Gasteiger partial charge in [0.1, 0.15) is 0 Å². The predicted octanol–water partition coefficient (Wildman–Crippen LogP) is 2.31. The molecule has 0 radical (unpaired) electrons. The lowest BCUT2D eigenvalue weighted by Crippen LogP contribution is -2.35. The van der Waals surface area contributed by atoms with Gasteiger partial charge in [-0.1, -0.05) is 42.5 Å². The van der Waals surface area contributed by atoms with Crippen molar-refractivity contribution in [2.75, 3.05) is 19.0 Å². The number of nitrogens with one attached hydrogen (secondary N) is 3. The van der Waals surface area contributed by atoms with Crippen molar-refractivity contribution in [1.82, 2.24) is 10.6 Å². The van der Waals surface area contributed by atoms with Crippen LogP contribution >= 0.6 is 0 Å². The average molecular weight is 367 g/mol. The average Bonchev–Trinajstić information content (AvgIpc) is 2.70. The lowest BCUT2D eigenvalue weighted by atomic mass is 10.2. The molecule has 2 aromatic rings. The van der Waals surface area contributed by atoms with Crippen molar-refractivity contribution in [3.05, 3.63) is 71.8 Å². The number of rotatable bonds is 7. The van der Waals surface area contributed by atoms with Gasteiger partial charge in [-0.3, -0.25) is 14.9 Å². The Morgan fingerprint density at radius 2 is 1.67 bits per heavy atom. The molecule has 7 heteroatoms. The molecule has 0 fully saturated rings. The third-order valence-electron chi connectivity index (χ3n) is 3.53. The highest BCUT2D eigenvalue weighted by atomic mass is 16.5. The molecule has 0 heterocycles. The molecule has 3 N–H and O–H groups in total. The summed E-state index contributed by atoms with van der Waals surface area (Å²) in [5.41, 5.74) is 2.35. The van der Waals surface area contributed by atoms with Crippen LogP contribution in [0.15, 0.2) is 60.7 Å². The van der Waals surface area contributed by atoms with Crippen LogP contribution in [-0.4, -0.2) is 31.6 Å². The lowest BCUT2D eigenvalue weighted by Gasteiger charge is -2.07. The van der Waals surface area contributed by atoms with Crippen molar-refractivity contribution < 1.29 is 19.1 Å². The Labute approximate surface area is 157 Å². The van der Waals surface area contributed by atoms with Crippen molar-refractivity contribution in [1.29, 1.82) is 0 Å². The Hall–Kier alpha value is -3.61. The fourth-order valence-corrected chi connectivity index (χ4v) is 2.10. The van der Waals surface area contributed by atoms with Crippen LogP contribution in [0.25, 0.3) is 6.08 Å². The summed E-state index contributed by atoms with van der Waals surface area (Å²) < 4.78 is 4.51. The van der Waals surface area contributed by atoms with Gasteiger partial charge >= 0.3 is 6.09 Å². The largest absolute Gasteiger partial charge is 0.453 e. The Bertz CT molecular complexity index is 802. The van der Waals surface area contributed by atoms with E-state index in [0.717, 1.165) is 11.1 Å². The first-order valence-electron chi connectivity index (χ1n) is 8.28. The zero-order valence-corrected chi connectivity index (χ0v) is 14.9. The molecular weight excluding hydrogens is 346 g/mol. The maximum atomic E-state index is 11.8. The number of amides is 3. The third kappa shape index (κ3) is 7.43. The number of benzene rings is 2. The van der Waals surface area contributed by atoms with E-state index in [2.05, 4.69) is 20.7 Å². The van der Waals surface area contributed by atoms with Crippen molar-refractivity contribution in [2.45, 2.75) is 6.54 Å². The van der Waals surface area contributed by atoms with Crippen LogP contribution in [0.4, 0.5) is 10.5 Å². The zero-order valence-electron chi connectivity index (χ0n) is 14.9. The van der Waals surface area contributed by atoms with E-state index in [1.54, 1.807) is 30.3 Å². The summed E-state index contributed by atoms with van der Waals surface area (Å²) in [4.78, 5) is 34.7. The van der Waals surface area contributed by atoms with Gasteiger partial charge < -0.3 is 15.4 Å². The van der Waals surface area contributed by atoms with E-state index in [1.165, 1.54) is 13.2 Å². The number of anilines is 1. The molecular formula is C20H21N3O4. The summed E-state index contributed by atoms with van der Waals surface area (Å²) in [5, 5.41) is 7.77. The van der Waals surface area contributed by atoms with Crippen molar-refractivity contribution >= 4 is 29.7 Å². The molecule has 7 nitrogen and oxygen atoms in total. The third-order valence-corrected chi connectivity index (χ3v) is 3.53. The molecule has 3 amide bonds. The molecule has 0 bridgehead atoms. The fourth-order valence-electron chi connectivity index (χ4n) is 2.10. The van der Waals surface area contributed by atoms with Gasteiger partial charge in [-0.2, -0.15) is 0 Å². The molecule has 140 valence electrons. The number of carbonyl (C=O) groups is 3. The maximum absolute atomic E-state index is 11.8. The predicted molar refractivity (Wildman–Crippen MR) is 103 cm³/mol. The second-order valence-corrected chi connectivity index (χ2v) is 5.55. The normalized spacial score (nSPS) is 10.3. The minimum absolute atomic E-state index is 0.111.